The Labute approximate surface area is 144 Å². The molecule has 1 aliphatic rings. The summed E-state index contributed by atoms with van der Waals surface area (Å²) < 4.78 is 5.37. The summed E-state index contributed by atoms with van der Waals surface area (Å²) in [6, 6.07) is 14.1. The number of aryl methyl sites for hydroxylation is 1. The average molecular weight is 338 g/mol. The van der Waals surface area contributed by atoms with Crippen LogP contribution in [-0.2, 0) is 0 Å². The number of carbonyl (C=O) groups excluding carboxylic acids is 1. The van der Waals surface area contributed by atoms with Crippen molar-refractivity contribution in [1.82, 2.24) is 10.1 Å². The highest BCUT2D eigenvalue weighted by Gasteiger charge is 2.32. The van der Waals surface area contributed by atoms with Gasteiger partial charge in [0.25, 0.3) is 5.91 Å². The molecule has 1 atom stereocenters. The molecular weight excluding hydrogens is 320 g/mol. The van der Waals surface area contributed by atoms with E-state index >= 15 is 0 Å². The topological polar surface area (TPSA) is 46.3 Å². The number of rotatable bonds is 3. The minimum Gasteiger partial charge on any atom is -0.355 e. The number of amides is 1. The van der Waals surface area contributed by atoms with Crippen LogP contribution in [0.25, 0.3) is 10.6 Å². The number of carbonyl (C=O) groups is 1. The Hall–Kier alpha value is -2.40. The molecule has 3 aromatic rings. The monoisotopic (exact) mass is 338 g/mol. The van der Waals surface area contributed by atoms with E-state index in [-0.39, 0.29) is 11.9 Å². The Morgan fingerprint density at radius 1 is 1.29 bits per heavy atom. The third-order valence-electron chi connectivity index (χ3n) is 4.55. The van der Waals surface area contributed by atoms with E-state index in [0.29, 0.717) is 11.5 Å². The van der Waals surface area contributed by atoms with Gasteiger partial charge < -0.3 is 9.42 Å². The first-order chi connectivity index (χ1) is 11.7. The Morgan fingerprint density at radius 2 is 2.17 bits per heavy atom. The van der Waals surface area contributed by atoms with Crippen LogP contribution >= 0.6 is 11.3 Å². The number of thiophene rings is 1. The fourth-order valence-corrected chi connectivity index (χ4v) is 4.03. The number of hydrogen-bond donors (Lipinski definition) is 0. The van der Waals surface area contributed by atoms with Crippen molar-refractivity contribution >= 4 is 17.2 Å². The van der Waals surface area contributed by atoms with Crippen LogP contribution in [0.4, 0.5) is 0 Å². The molecule has 0 bridgehead atoms. The summed E-state index contributed by atoms with van der Waals surface area (Å²) in [5.74, 6) is 0.604. The van der Waals surface area contributed by atoms with Crippen LogP contribution in [0.5, 0.6) is 0 Å². The lowest BCUT2D eigenvalue weighted by atomic mass is 9.99. The molecule has 122 valence electrons. The molecule has 0 N–H and O–H groups in total. The molecule has 1 saturated heterocycles. The third kappa shape index (κ3) is 2.65. The smallest absolute Gasteiger partial charge is 0.276 e. The molecule has 4 nitrogen and oxygen atoms in total. The van der Waals surface area contributed by atoms with Crippen molar-refractivity contribution < 1.29 is 9.32 Å². The van der Waals surface area contributed by atoms with Crippen LogP contribution in [-0.4, -0.2) is 22.5 Å². The van der Waals surface area contributed by atoms with Gasteiger partial charge in [-0.1, -0.05) is 35.5 Å². The van der Waals surface area contributed by atoms with Gasteiger partial charge in [-0.05, 0) is 42.3 Å². The standard InChI is InChI=1S/C19H18N2O2S/c1-13-6-2-3-7-14(13)16-8-4-10-21(16)19(22)15-12-17(23-20-15)18-9-5-11-24-18/h2-3,5-7,9,11-12,16H,4,8,10H2,1H3. The molecular formula is C19H18N2O2S. The molecule has 1 fully saturated rings. The zero-order valence-electron chi connectivity index (χ0n) is 13.4. The van der Waals surface area contributed by atoms with Crippen molar-refractivity contribution in [2.75, 3.05) is 6.54 Å². The predicted molar refractivity (Wildman–Crippen MR) is 94.0 cm³/mol. The van der Waals surface area contributed by atoms with Crippen molar-refractivity contribution in [3.63, 3.8) is 0 Å². The fourth-order valence-electron chi connectivity index (χ4n) is 3.35. The summed E-state index contributed by atoms with van der Waals surface area (Å²) in [7, 11) is 0. The third-order valence-corrected chi connectivity index (χ3v) is 5.44. The number of benzene rings is 1. The van der Waals surface area contributed by atoms with E-state index in [0.717, 1.165) is 24.3 Å². The molecule has 0 radical (unpaired) electrons. The van der Waals surface area contributed by atoms with Gasteiger partial charge in [-0.25, -0.2) is 0 Å². The van der Waals surface area contributed by atoms with Gasteiger partial charge in [-0.3, -0.25) is 4.79 Å². The second kappa shape index (κ2) is 6.24. The van der Waals surface area contributed by atoms with E-state index in [9.17, 15) is 4.79 Å². The zero-order chi connectivity index (χ0) is 16.5. The second-order valence-corrected chi connectivity index (χ2v) is 7.01. The summed E-state index contributed by atoms with van der Waals surface area (Å²) in [6.45, 7) is 2.86. The van der Waals surface area contributed by atoms with E-state index in [1.807, 2.05) is 34.5 Å². The number of likely N-dealkylation sites (tertiary alicyclic amines) is 1. The maximum Gasteiger partial charge on any atom is 0.276 e. The molecule has 0 spiro atoms. The average Bonchev–Trinajstić information content (AvgIpc) is 3.34. The van der Waals surface area contributed by atoms with E-state index in [2.05, 4.69) is 24.2 Å². The first-order valence-corrected chi connectivity index (χ1v) is 8.99. The molecule has 1 amide bonds. The highest BCUT2D eigenvalue weighted by molar-refractivity contribution is 7.13. The summed E-state index contributed by atoms with van der Waals surface area (Å²) in [5.41, 5.74) is 2.84. The van der Waals surface area contributed by atoms with E-state index < -0.39 is 0 Å². The minimum atomic E-state index is -0.0488. The predicted octanol–water partition coefficient (Wildman–Crippen LogP) is 4.69. The van der Waals surface area contributed by atoms with Gasteiger partial charge in [0.2, 0.25) is 0 Å². The van der Waals surface area contributed by atoms with Crippen LogP contribution < -0.4 is 0 Å². The SMILES string of the molecule is Cc1ccccc1C1CCCN1C(=O)c1cc(-c2cccs2)on1. The number of hydrogen-bond acceptors (Lipinski definition) is 4. The Morgan fingerprint density at radius 3 is 2.96 bits per heavy atom. The van der Waals surface area contributed by atoms with Crippen molar-refractivity contribution in [1.29, 1.82) is 0 Å². The van der Waals surface area contributed by atoms with Crippen LogP contribution in [0.15, 0.2) is 52.4 Å². The quantitative estimate of drug-likeness (QED) is 0.696. The summed E-state index contributed by atoms with van der Waals surface area (Å²) >= 11 is 1.57. The molecule has 1 aliphatic heterocycles. The van der Waals surface area contributed by atoms with Crippen LogP contribution in [0, 0.1) is 6.92 Å². The molecule has 0 saturated carbocycles. The van der Waals surface area contributed by atoms with E-state index in [1.54, 1.807) is 17.4 Å². The zero-order valence-corrected chi connectivity index (χ0v) is 14.3. The summed E-state index contributed by atoms with van der Waals surface area (Å²) in [4.78, 5) is 15.8. The molecule has 0 aliphatic carbocycles. The Kier molecular flexibility index (Phi) is 3.94. The van der Waals surface area contributed by atoms with Crippen LogP contribution in [0.1, 0.15) is 40.5 Å². The maximum atomic E-state index is 12.9. The normalized spacial score (nSPS) is 17.4. The second-order valence-electron chi connectivity index (χ2n) is 6.07. The van der Waals surface area contributed by atoms with Gasteiger partial charge in [0.1, 0.15) is 0 Å². The van der Waals surface area contributed by atoms with E-state index in [4.69, 9.17) is 4.52 Å². The van der Waals surface area contributed by atoms with Gasteiger partial charge in [0.15, 0.2) is 11.5 Å². The fraction of sp³-hybridized carbons (Fsp3) is 0.263. The van der Waals surface area contributed by atoms with Gasteiger partial charge >= 0.3 is 0 Å². The van der Waals surface area contributed by atoms with Crippen LogP contribution in [0.2, 0.25) is 0 Å². The largest absolute Gasteiger partial charge is 0.355 e. The van der Waals surface area contributed by atoms with Gasteiger partial charge in [-0.15, -0.1) is 11.3 Å². The lowest BCUT2D eigenvalue weighted by Gasteiger charge is -2.25. The van der Waals surface area contributed by atoms with E-state index in [1.165, 1.54) is 11.1 Å². The van der Waals surface area contributed by atoms with Crippen molar-refractivity contribution in [3.8, 4) is 10.6 Å². The minimum absolute atomic E-state index is 0.0488. The van der Waals surface area contributed by atoms with Gasteiger partial charge in [0.05, 0.1) is 10.9 Å². The number of aromatic nitrogens is 1. The van der Waals surface area contributed by atoms with Gasteiger partial charge in [0, 0.05) is 12.6 Å². The lowest BCUT2D eigenvalue weighted by Crippen LogP contribution is -2.31. The highest BCUT2D eigenvalue weighted by atomic mass is 32.1. The van der Waals surface area contributed by atoms with Crippen molar-refractivity contribution in [2.24, 2.45) is 0 Å². The van der Waals surface area contributed by atoms with Crippen molar-refractivity contribution in [3.05, 3.63) is 64.7 Å². The molecule has 5 heteroatoms. The van der Waals surface area contributed by atoms with Gasteiger partial charge in [-0.2, -0.15) is 0 Å². The van der Waals surface area contributed by atoms with Crippen LogP contribution in [0.3, 0.4) is 0 Å². The number of nitrogens with zero attached hydrogens (tertiary/aromatic N) is 2. The first kappa shape index (κ1) is 15.1. The summed E-state index contributed by atoms with van der Waals surface area (Å²) in [6.07, 6.45) is 2.01. The molecule has 1 aromatic carbocycles. The maximum absolute atomic E-state index is 12.9. The first-order valence-electron chi connectivity index (χ1n) is 8.11. The Bertz CT molecular complexity index is 854. The molecule has 3 heterocycles. The summed E-state index contributed by atoms with van der Waals surface area (Å²) in [5, 5.41) is 5.99. The molecule has 4 rings (SSSR count). The Balaban J connectivity index is 1.61. The molecule has 2 aromatic heterocycles. The molecule has 24 heavy (non-hydrogen) atoms. The molecule has 1 unspecified atom stereocenters. The highest BCUT2D eigenvalue weighted by Crippen LogP contribution is 2.35. The van der Waals surface area contributed by atoms with Crippen molar-refractivity contribution in [2.45, 2.75) is 25.8 Å². The lowest BCUT2D eigenvalue weighted by molar-refractivity contribution is 0.0725.